The molecule has 0 saturated heterocycles. The van der Waals surface area contributed by atoms with Gasteiger partial charge in [0.05, 0.1) is 25.5 Å². The molecule has 21 heavy (non-hydrogen) atoms. The molecular formula is C16H18N2O3. The molecule has 2 aromatic carbocycles. The SMILES string of the molecule is COc1cc(OC)c(N)c(C(=O)N(C)c2ccccc2)c1. The lowest BCUT2D eigenvalue weighted by Crippen LogP contribution is -2.27. The summed E-state index contributed by atoms with van der Waals surface area (Å²) in [5, 5.41) is 0. The van der Waals surface area contributed by atoms with Gasteiger partial charge in [-0.05, 0) is 18.2 Å². The van der Waals surface area contributed by atoms with E-state index in [1.165, 1.54) is 19.1 Å². The molecular weight excluding hydrogens is 268 g/mol. The van der Waals surface area contributed by atoms with Gasteiger partial charge in [0.1, 0.15) is 11.5 Å². The summed E-state index contributed by atoms with van der Waals surface area (Å²) >= 11 is 0. The van der Waals surface area contributed by atoms with Crippen LogP contribution in [0.1, 0.15) is 10.4 Å². The Bertz CT molecular complexity index is 641. The minimum absolute atomic E-state index is 0.226. The van der Waals surface area contributed by atoms with Crippen molar-refractivity contribution in [2.45, 2.75) is 0 Å². The van der Waals surface area contributed by atoms with Gasteiger partial charge < -0.3 is 20.1 Å². The molecule has 1 amide bonds. The topological polar surface area (TPSA) is 64.8 Å². The number of anilines is 2. The highest BCUT2D eigenvalue weighted by Gasteiger charge is 2.20. The minimum atomic E-state index is -0.226. The summed E-state index contributed by atoms with van der Waals surface area (Å²) in [4.78, 5) is 14.2. The highest BCUT2D eigenvalue weighted by Crippen LogP contribution is 2.32. The number of carbonyl (C=O) groups is 1. The van der Waals surface area contributed by atoms with Gasteiger partial charge >= 0.3 is 0 Å². The van der Waals surface area contributed by atoms with Gasteiger partial charge in [0.25, 0.3) is 5.91 Å². The molecule has 2 aromatic rings. The molecule has 5 heteroatoms. The molecule has 0 radical (unpaired) electrons. The molecule has 0 aromatic heterocycles. The highest BCUT2D eigenvalue weighted by molar-refractivity contribution is 6.10. The number of ether oxygens (including phenoxy) is 2. The number of carbonyl (C=O) groups excluding carboxylic acids is 1. The number of hydrogen-bond donors (Lipinski definition) is 1. The van der Waals surface area contributed by atoms with Crippen molar-refractivity contribution in [2.24, 2.45) is 0 Å². The normalized spacial score (nSPS) is 10.0. The zero-order valence-corrected chi connectivity index (χ0v) is 12.3. The predicted octanol–water partition coefficient (Wildman–Crippen LogP) is 2.56. The van der Waals surface area contributed by atoms with E-state index in [-0.39, 0.29) is 5.91 Å². The summed E-state index contributed by atoms with van der Waals surface area (Å²) in [6.07, 6.45) is 0. The predicted molar refractivity (Wildman–Crippen MR) is 83.1 cm³/mol. The maximum atomic E-state index is 12.6. The van der Waals surface area contributed by atoms with Crippen LogP contribution in [0.3, 0.4) is 0 Å². The van der Waals surface area contributed by atoms with Crippen LogP contribution in [-0.4, -0.2) is 27.2 Å². The smallest absolute Gasteiger partial charge is 0.260 e. The third-order valence-corrected chi connectivity index (χ3v) is 3.25. The van der Waals surface area contributed by atoms with E-state index in [2.05, 4.69) is 0 Å². The second kappa shape index (κ2) is 6.17. The molecule has 110 valence electrons. The lowest BCUT2D eigenvalue weighted by atomic mass is 10.1. The van der Waals surface area contributed by atoms with Gasteiger partial charge in [-0.15, -0.1) is 0 Å². The Kier molecular flexibility index (Phi) is 4.33. The van der Waals surface area contributed by atoms with E-state index in [1.54, 1.807) is 19.2 Å². The highest BCUT2D eigenvalue weighted by atomic mass is 16.5. The van der Waals surface area contributed by atoms with Crippen LogP contribution in [0.25, 0.3) is 0 Å². The Morgan fingerprint density at radius 2 is 1.76 bits per heavy atom. The average molecular weight is 286 g/mol. The maximum absolute atomic E-state index is 12.6. The number of nitrogen functional groups attached to an aromatic ring is 1. The first-order valence-corrected chi connectivity index (χ1v) is 6.43. The molecule has 0 spiro atoms. The Morgan fingerprint density at radius 1 is 1.10 bits per heavy atom. The van der Waals surface area contributed by atoms with Crippen LogP contribution in [0.2, 0.25) is 0 Å². The van der Waals surface area contributed by atoms with Gasteiger partial charge in [-0.1, -0.05) is 18.2 Å². The van der Waals surface area contributed by atoms with Crippen LogP contribution in [0.4, 0.5) is 11.4 Å². The molecule has 0 aliphatic heterocycles. The summed E-state index contributed by atoms with van der Waals surface area (Å²) in [6, 6.07) is 12.6. The van der Waals surface area contributed by atoms with Crippen LogP contribution < -0.4 is 20.1 Å². The Labute approximate surface area is 123 Å². The first kappa shape index (κ1) is 14.7. The molecule has 2 rings (SSSR count). The fourth-order valence-corrected chi connectivity index (χ4v) is 2.01. The van der Waals surface area contributed by atoms with E-state index >= 15 is 0 Å². The third kappa shape index (κ3) is 2.91. The van der Waals surface area contributed by atoms with Crippen molar-refractivity contribution < 1.29 is 14.3 Å². The van der Waals surface area contributed by atoms with Crippen molar-refractivity contribution in [3.05, 3.63) is 48.0 Å². The van der Waals surface area contributed by atoms with Gasteiger partial charge in [0.2, 0.25) is 0 Å². The van der Waals surface area contributed by atoms with Crippen LogP contribution >= 0.6 is 0 Å². The van der Waals surface area contributed by atoms with Crippen molar-refractivity contribution in [3.63, 3.8) is 0 Å². The number of nitrogens with two attached hydrogens (primary N) is 1. The van der Waals surface area contributed by atoms with E-state index < -0.39 is 0 Å². The molecule has 0 atom stereocenters. The fraction of sp³-hybridized carbons (Fsp3) is 0.188. The van der Waals surface area contributed by atoms with Crippen molar-refractivity contribution >= 4 is 17.3 Å². The molecule has 0 unspecified atom stereocenters. The van der Waals surface area contributed by atoms with Gasteiger partial charge in [-0.25, -0.2) is 0 Å². The second-order valence-electron chi connectivity index (χ2n) is 4.49. The Balaban J connectivity index is 2.43. The number of rotatable bonds is 4. The molecule has 0 bridgehead atoms. The Morgan fingerprint density at radius 3 is 2.33 bits per heavy atom. The van der Waals surface area contributed by atoms with E-state index in [0.29, 0.717) is 22.7 Å². The van der Waals surface area contributed by atoms with Crippen molar-refractivity contribution in [3.8, 4) is 11.5 Å². The molecule has 0 heterocycles. The van der Waals surface area contributed by atoms with Crippen molar-refractivity contribution in [1.29, 1.82) is 0 Å². The van der Waals surface area contributed by atoms with Crippen molar-refractivity contribution in [2.75, 3.05) is 31.9 Å². The van der Waals surface area contributed by atoms with Gasteiger partial charge in [-0.3, -0.25) is 4.79 Å². The van der Waals surface area contributed by atoms with E-state index in [4.69, 9.17) is 15.2 Å². The number of amides is 1. The van der Waals surface area contributed by atoms with Crippen LogP contribution in [0.5, 0.6) is 11.5 Å². The number of hydrogen-bond acceptors (Lipinski definition) is 4. The summed E-state index contributed by atoms with van der Waals surface area (Å²) in [6.45, 7) is 0. The number of nitrogens with zero attached hydrogens (tertiary/aromatic N) is 1. The number of para-hydroxylation sites is 1. The van der Waals surface area contributed by atoms with Gasteiger partial charge in [0.15, 0.2) is 0 Å². The zero-order chi connectivity index (χ0) is 15.4. The van der Waals surface area contributed by atoms with Crippen molar-refractivity contribution in [1.82, 2.24) is 0 Å². The third-order valence-electron chi connectivity index (χ3n) is 3.25. The average Bonchev–Trinajstić information content (AvgIpc) is 2.54. The first-order chi connectivity index (χ1) is 10.1. The lowest BCUT2D eigenvalue weighted by molar-refractivity contribution is 0.0993. The van der Waals surface area contributed by atoms with E-state index in [0.717, 1.165) is 5.69 Å². The molecule has 2 N–H and O–H groups in total. The van der Waals surface area contributed by atoms with Crippen LogP contribution in [-0.2, 0) is 0 Å². The summed E-state index contributed by atoms with van der Waals surface area (Å²) in [5.41, 5.74) is 7.43. The van der Waals surface area contributed by atoms with Gasteiger partial charge in [-0.2, -0.15) is 0 Å². The monoisotopic (exact) mass is 286 g/mol. The van der Waals surface area contributed by atoms with Crippen LogP contribution in [0, 0.1) is 0 Å². The standard InChI is InChI=1S/C16H18N2O3/c1-18(11-7-5-4-6-8-11)16(19)13-9-12(20-2)10-14(21-3)15(13)17/h4-10H,17H2,1-3H3. The molecule has 0 aliphatic carbocycles. The molecule has 0 saturated carbocycles. The Hall–Kier alpha value is -2.69. The summed E-state index contributed by atoms with van der Waals surface area (Å²) in [7, 11) is 4.73. The van der Waals surface area contributed by atoms with E-state index in [9.17, 15) is 4.79 Å². The number of benzene rings is 2. The fourth-order valence-electron chi connectivity index (χ4n) is 2.01. The zero-order valence-electron chi connectivity index (χ0n) is 12.3. The largest absolute Gasteiger partial charge is 0.497 e. The number of methoxy groups -OCH3 is 2. The molecule has 0 fully saturated rings. The minimum Gasteiger partial charge on any atom is -0.497 e. The molecule has 5 nitrogen and oxygen atoms in total. The quantitative estimate of drug-likeness (QED) is 0.877. The van der Waals surface area contributed by atoms with Crippen LogP contribution in [0.15, 0.2) is 42.5 Å². The molecule has 0 aliphatic rings. The summed E-state index contributed by atoms with van der Waals surface area (Å²) < 4.78 is 10.4. The first-order valence-electron chi connectivity index (χ1n) is 6.43. The van der Waals surface area contributed by atoms with Gasteiger partial charge in [0, 0.05) is 18.8 Å². The maximum Gasteiger partial charge on any atom is 0.260 e. The summed E-state index contributed by atoms with van der Waals surface area (Å²) in [5.74, 6) is 0.709. The second-order valence-corrected chi connectivity index (χ2v) is 4.49. The lowest BCUT2D eigenvalue weighted by Gasteiger charge is -2.19. The van der Waals surface area contributed by atoms with E-state index in [1.807, 2.05) is 30.3 Å².